The van der Waals surface area contributed by atoms with Crippen molar-refractivity contribution in [2.45, 2.75) is 6.36 Å². The number of ether oxygens (including phenoxy) is 3. The van der Waals surface area contributed by atoms with Gasteiger partial charge in [-0.15, -0.1) is 13.2 Å². The molecule has 14 heteroatoms. The quantitative estimate of drug-likeness (QED) is 0.291. The summed E-state index contributed by atoms with van der Waals surface area (Å²) in [7, 11) is 2.46. The van der Waals surface area contributed by atoms with Crippen LogP contribution in [0.5, 0.6) is 11.5 Å². The van der Waals surface area contributed by atoms with Crippen LogP contribution in [0.25, 0.3) is 0 Å². The fraction of sp³-hybridized carbons (Fsp3) is 0.182. The van der Waals surface area contributed by atoms with Gasteiger partial charge in [0.2, 0.25) is 5.95 Å². The lowest BCUT2D eigenvalue weighted by Crippen LogP contribution is -2.24. The van der Waals surface area contributed by atoms with Gasteiger partial charge in [-0.2, -0.15) is 4.98 Å². The molecule has 1 aromatic heterocycles. The molecular formula is C22H19F4N5O5. The van der Waals surface area contributed by atoms with E-state index < -0.39 is 29.5 Å². The lowest BCUT2D eigenvalue weighted by Gasteiger charge is -2.14. The number of benzene rings is 2. The smallest absolute Gasteiger partial charge is 0.484 e. The highest BCUT2D eigenvalue weighted by molar-refractivity contribution is 5.94. The van der Waals surface area contributed by atoms with Crippen LogP contribution in [0.4, 0.5) is 40.7 Å². The van der Waals surface area contributed by atoms with Gasteiger partial charge in [-0.1, -0.05) is 6.07 Å². The Morgan fingerprint density at radius 3 is 2.50 bits per heavy atom. The lowest BCUT2D eigenvalue weighted by atomic mass is 10.1. The first kappa shape index (κ1) is 26.0. The average molecular weight is 509 g/mol. The van der Waals surface area contributed by atoms with Crippen LogP contribution in [0.15, 0.2) is 48.7 Å². The molecule has 0 radical (unpaired) electrons. The first-order valence-corrected chi connectivity index (χ1v) is 10.1. The van der Waals surface area contributed by atoms with Gasteiger partial charge in [-0.25, -0.2) is 14.2 Å². The molecule has 0 atom stereocenters. The zero-order valence-corrected chi connectivity index (χ0v) is 18.8. The Labute approximate surface area is 201 Å². The second-order valence-corrected chi connectivity index (χ2v) is 6.88. The van der Waals surface area contributed by atoms with Gasteiger partial charge in [-0.05, 0) is 30.3 Å². The van der Waals surface area contributed by atoms with Gasteiger partial charge in [0.15, 0.2) is 18.2 Å². The number of aromatic nitrogens is 2. The molecule has 3 N–H and O–H groups in total. The van der Waals surface area contributed by atoms with E-state index in [2.05, 4.69) is 35.4 Å². The second-order valence-electron chi connectivity index (χ2n) is 6.88. The molecule has 1 heterocycles. The molecule has 0 aliphatic carbocycles. The number of halogens is 4. The number of rotatable bonds is 9. The van der Waals surface area contributed by atoms with E-state index >= 15 is 0 Å². The summed E-state index contributed by atoms with van der Waals surface area (Å²) in [6, 6.07) is 9.48. The molecule has 0 aliphatic heterocycles. The average Bonchev–Trinajstić information content (AvgIpc) is 2.84. The summed E-state index contributed by atoms with van der Waals surface area (Å²) in [4.78, 5) is 31.1. The van der Waals surface area contributed by atoms with Crippen LogP contribution in [-0.4, -0.2) is 49.0 Å². The maximum atomic E-state index is 14.4. The second kappa shape index (κ2) is 11.2. The minimum absolute atomic E-state index is 0.0260. The number of nitrogens with zero attached hydrogens (tertiary/aromatic N) is 2. The summed E-state index contributed by atoms with van der Waals surface area (Å²) in [5.74, 6) is -3.07. The SMILES string of the molecule is CNC(=O)COc1cccc(Nc2ncc(F)c(Nc3ccc(OC(F)(F)F)c(C(=O)OC)c3)n2)c1. The molecule has 0 saturated carbocycles. The molecule has 10 nitrogen and oxygen atoms in total. The van der Waals surface area contributed by atoms with Crippen molar-refractivity contribution in [3.8, 4) is 11.5 Å². The topological polar surface area (TPSA) is 124 Å². The number of hydrogen-bond donors (Lipinski definition) is 3. The van der Waals surface area contributed by atoms with E-state index in [4.69, 9.17) is 4.74 Å². The number of carbonyl (C=O) groups is 2. The third-order valence-corrected chi connectivity index (χ3v) is 4.36. The van der Waals surface area contributed by atoms with Crippen LogP contribution in [0.3, 0.4) is 0 Å². The van der Waals surface area contributed by atoms with Gasteiger partial charge in [0.05, 0.1) is 13.3 Å². The number of carbonyl (C=O) groups excluding carboxylic acids is 2. The predicted molar refractivity (Wildman–Crippen MR) is 119 cm³/mol. The molecule has 2 aromatic carbocycles. The monoisotopic (exact) mass is 509 g/mol. The standard InChI is InChI=1S/C22H19F4N5O5/c1-27-18(32)11-35-14-5-3-4-12(8-14)30-21-28-10-16(23)19(31-21)29-13-6-7-17(36-22(24,25)26)15(9-13)20(33)34-2/h3-10H,11H2,1-2H3,(H,27,32)(H2,28,29,30,31). The number of anilines is 4. The predicted octanol–water partition coefficient (Wildman–Crippen LogP) is 3.91. The number of methoxy groups -OCH3 is 1. The Balaban J connectivity index is 1.80. The van der Waals surface area contributed by atoms with E-state index in [0.29, 0.717) is 11.4 Å². The summed E-state index contributed by atoms with van der Waals surface area (Å²) in [6.45, 7) is -0.193. The summed E-state index contributed by atoms with van der Waals surface area (Å²) in [6.07, 6.45) is -4.17. The molecule has 0 spiro atoms. The minimum Gasteiger partial charge on any atom is -0.484 e. The molecule has 1 amide bonds. The molecule has 0 bridgehead atoms. The van der Waals surface area contributed by atoms with E-state index in [1.807, 2.05) is 0 Å². The number of hydrogen-bond acceptors (Lipinski definition) is 9. The molecule has 0 saturated heterocycles. The zero-order valence-electron chi connectivity index (χ0n) is 18.8. The molecular weight excluding hydrogens is 490 g/mol. The fourth-order valence-corrected chi connectivity index (χ4v) is 2.76. The Morgan fingerprint density at radius 1 is 1.06 bits per heavy atom. The van der Waals surface area contributed by atoms with Crippen molar-refractivity contribution in [3.63, 3.8) is 0 Å². The highest BCUT2D eigenvalue weighted by Gasteiger charge is 2.33. The number of alkyl halides is 3. The Hall–Kier alpha value is -4.62. The highest BCUT2D eigenvalue weighted by atomic mass is 19.4. The van der Waals surface area contributed by atoms with Gasteiger partial charge in [0, 0.05) is 24.5 Å². The fourth-order valence-electron chi connectivity index (χ4n) is 2.76. The van der Waals surface area contributed by atoms with Gasteiger partial charge in [0.1, 0.15) is 17.1 Å². The number of nitrogens with one attached hydrogen (secondary N) is 3. The minimum atomic E-state index is -5.04. The van der Waals surface area contributed by atoms with Crippen molar-refractivity contribution in [1.82, 2.24) is 15.3 Å². The first-order valence-electron chi connectivity index (χ1n) is 10.1. The Morgan fingerprint density at radius 2 is 1.81 bits per heavy atom. The summed E-state index contributed by atoms with van der Waals surface area (Å²) < 4.78 is 66.0. The Kier molecular flexibility index (Phi) is 8.09. The van der Waals surface area contributed by atoms with E-state index in [-0.39, 0.29) is 30.0 Å². The van der Waals surface area contributed by atoms with Gasteiger partial charge in [0.25, 0.3) is 5.91 Å². The Bertz CT molecular complexity index is 1260. The van der Waals surface area contributed by atoms with Crippen LogP contribution < -0.4 is 25.4 Å². The lowest BCUT2D eigenvalue weighted by molar-refractivity contribution is -0.274. The molecule has 3 aromatic rings. The third-order valence-electron chi connectivity index (χ3n) is 4.36. The molecule has 0 aliphatic rings. The summed E-state index contributed by atoms with van der Waals surface area (Å²) in [5.41, 5.74) is -0.0529. The van der Waals surface area contributed by atoms with Crippen molar-refractivity contribution in [2.24, 2.45) is 0 Å². The van der Waals surface area contributed by atoms with E-state index in [1.165, 1.54) is 7.05 Å². The maximum Gasteiger partial charge on any atom is 0.573 e. The van der Waals surface area contributed by atoms with Crippen molar-refractivity contribution in [3.05, 3.63) is 60.0 Å². The molecule has 0 fully saturated rings. The molecule has 0 unspecified atom stereocenters. The van der Waals surface area contributed by atoms with Gasteiger partial charge in [-0.3, -0.25) is 4.79 Å². The largest absolute Gasteiger partial charge is 0.573 e. The summed E-state index contributed by atoms with van der Waals surface area (Å²) in [5, 5.41) is 7.85. The molecule has 3 rings (SSSR count). The van der Waals surface area contributed by atoms with Crippen molar-refractivity contribution >= 4 is 35.0 Å². The van der Waals surface area contributed by atoms with Crippen molar-refractivity contribution in [1.29, 1.82) is 0 Å². The van der Waals surface area contributed by atoms with Crippen LogP contribution in [-0.2, 0) is 9.53 Å². The third kappa shape index (κ3) is 7.19. The number of likely N-dealkylation sites (N-methyl/N-ethyl adjacent to an activating group) is 1. The van der Waals surface area contributed by atoms with Crippen molar-refractivity contribution in [2.75, 3.05) is 31.4 Å². The molecule has 36 heavy (non-hydrogen) atoms. The van der Waals surface area contributed by atoms with Crippen LogP contribution in [0.2, 0.25) is 0 Å². The molecule has 190 valence electrons. The highest BCUT2D eigenvalue weighted by Crippen LogP contribution is 2.31. The van der Waals surface area contributed by atoms with Crippen LogP contribution in [0, 0.1) is 5.82 Å². The van der Waals surface area contributed by atoms with Crippen molar-refractivity contribution < 1.29 is 41.4 Å². The van der Waals surface area contributed by atoms with Crippen LogP contribution in [0.1, 0.15) is 10.4 Å². The first-order chi connectivity index (χ1) is 17.1. The number of esters is 1. The van der Waals surface area contributed by atoms with E-state index in [1.54, 1.807) is 24.3 Å². The van der Waals surface area contributed by atoms with Gasteiger partial charge >= 0.3 is 12.3 Å². The maximum absolute atomic E-state index is 14.4. The number of amides is 1. The van der Waals surface area contributed by atoms with E-state index in [0.717, 1.165) is 31.5 Å². The summed E-state index contributed by atoms with van der Waals surface area (Å²) >= 11 is 0. The normalized spacial score (nSPS) is 10.8. The van der Waals surface area contributed by atoms with Crippen LogP contribution >= 0.6 is 0 Å². The van der Waals surface area contributed by atoms with Gasteiger partial charge < -0.3 is 30.2 Å². The zero-order chi connectivity index (χ0) is 26.3. The van der Waals surface area contributed by atoms with E-state index in [9.17, 15) is 27.2 Å².